The summed E-state index contributed by atoms with van der Waals surface area (Å²) in [6, 6.07) is 0. The van der Waals surface area contributed by atoms with E-state index in [1.54, 1.807) is 0 Å². The molecule has 112 valence electrons. The highest BCUT2D eigenvalue weighted by Crippen LogP contribution is 2.47. The van der Waals surface area contributed by atoms with Gasteiger partial charge >= 0.3 is 5.97 Å². The summed E-state index contributed by atoms with van der Waals surface area (Å²) >= 11 is 0. The number of carbonyl (C=O) groups is 2. The van der Waals surface area contributed by atoms with Gasteiger partial charge in [-0.3, -0.25) is 0 Å². The number of ether oxygens (including phenoxy) is 2. The van der Waals surface area contributed by atoms with Gasteiger partial charge in [-0.25, -0.2) is 4.79 Å². The van der Waals surface area contributed by atoms with Crippen molar-refractivity contribution in [1.82, 2.24) is 0 Å². The van der Waals surface area contributed by atoms with Gasteiger partial charge < -0.3 is 19.4 Å². The maximum atomic E-state index is 11.1. The fourth-order valence-electron chi connectivity index (χ4n) is 3.32. The molecule has 0 radical (unpaired) electrons. The molecule has 1 saturated carbocycles. The Morgan fingerprint density at radius 1 is 1.60 bits per heavy atom. The number of methoxy groups -OCH3 is 1. The first-order valence-electron chi connectivity index (χ1n) is 7.05. The summed E-state index contributed by atoms with van der Waals surface area (Å²) in [6.07, 6.45) is 4.10. The molecule has 0 aromatic carbocycles. The number of aliphatic hydroxyl groups is 1. The molecule has 3 unspecified atom stereocenters. The SMILES string of the molecule is COC(=O)COCC(C)C1=CC2C[C@@H](O)[C@H](C=O)C2C1. The topological polar surface area (TPSA) is 72.8 Å². The molecule has 2 rings (SSSR count). The van der Waals surface area contributed by atoms with Crippen molar-refractivity contribution in [2.24, 2.45) is 23.7 Å². The van der Waals surface area contributed by atoms with Crippen molar-refractivity contribution < 1.29 is 24.2 Å². The maximum Gasteiger partial charge on any atom is 0.331 e. The lowest BCUT2D eigenvalue weighted by Crippen LogP contribution is -2.21. The Morgan fingerprint density at radius 2 is 2.35 bits per heavy atom. The standard InChI is InChI=1S/C15H22O5/c1-9(7-20-8-15(18)19-2)10-3-11-5-14(17)13(6-16)12(11)4-10/h3,6,9,11-14,17H,4-5,7-8H2,1-2H3/t9?,11?,12?,13-,14-/m1/s1. The highest BCUT2D eigenvalue weighted by molar-refractivity contribution is 5.70. The van der Waals surface area contributed by atoms with Crippen LogP contribution in [0.2, 0.25) is 0 Å². The molecule has 2 aliphatic rings. The molecule has 5 nitrogen and oxygen atoms in total. The molecule has 2 aliphatic carbocycles. The predicted molar refractivity (Wildman–Crippen MR) is 71.9 cm³/mol. The number of carbonyl (C=O) groups excluding carboxylic acids is 2. The van der Waals surface area contributed by atoms with E-state index < -0.39 is 6.10 Å². The molecule has 0 amide bonds. The van der Waals surface area contributed by atoms with E-state index in [2.05, 4.69) is 17.7 Å². The van der Waals surface area contributed by atoms with Crippen LogP contribution in [0.4, 0.5) is 0 Å². The van der Waals surface area contributed by atoms with Gasteiger partial charge in [0, 0.05) is 11.8 Å². The summed E-state index contributed by atoms with van der Waals surface area (Å²) in [5.74, 6) is 0.143. The lowest BCUT2D eigenvalue weighted by molar-refractivity contribution is -0.146. The number of aliphatic hydroxyl groups excluding tert-OH is 1. The normalized spacial score (nSPS) is 33.5. The van der Waals surface area contributed by atoms with Crippen molar-refractivity contribution in [2.75, 3.05) is 20.3 Å². The highest BCUT2D eigenvalue weighted by Gasteiger charge is 2.45. The molecule has 5 atom stereocenters. The molecule has 20 heavy (non-hydrogen) atoms. The molecular weight excluding hydrogens is 260 g/mol. The Morgan fingerprint density at radius 3 is 3.00 bits per heavy atom. The van der Waals surface area contributed by atoms with Gasteiger partial charge in [-0.15, -0.1) is 0 Å². The third-order valence-electron chi connectivity index (χ3n) is 4.51. The van der Waals surface area contributed by atoms with Gasteiger partial charge in [0.05, 0.1) is 19.8 Å². The lowest BCUT2D eigenvalue weighted by Gasteiger charge is -2.18. The number of hydrogen-bond acceptors (Lipinski definition) is 5. The zero-order chi connectivity index (χ0) is 14.7. The number of allylic oxidation sites excluding steroid dienone is 1. The first kappa shape index (κ1) is 15.2. The quantitative estimate of drug-likeness (QED) is 0.446. The van der Waals surface area contributed by atoms with Gasteiger partial charge in [0.1, 0.15) is 12.9 Å². The molecule has 0 aliphatic heterocycles. The average Bonchev–Trinajstić information content (AvgIpc) is 2.94. The molecule has 0 saturated heterocycles. The predicted octanol–water partition coefficient (Wildman–Crippen LogP) is 0.954. The van der Waals surface area contributed by atoms with Crippen LogP contribution >= 0.6 is 0 Å². The number of rotatable bonds is 6. The third-order valence-corrected chi connectivity index (χ3v) is 4.51. The molecule has 0 bridgehead atoms. The molecule has 5 heteroatoms. The summed E-state index contributed by atoms with van der Waals surface area (Å²) < 4.78 is 9.84. The van der Waals surface area contributed by atoms with Crippen LogP contribution in [-0.2, 0) is 19.1 Å². The molecule has 0 aromatic rings. The summed E-state index contributed by atoms with van der Waals surface area (Å²) in [5, 5.41) is 9.81. The number of esters is 1. The Hall–Kier alpha value is -1.20. The van der Waals surface area contributed by atoms with E-state index in [0.29, 0.717) is 18.9 Å². The van der Waals surface area contributed by atoms with E-state index in [-0.39, 0.29) is 30.3 Å². The number of fused-ring (bicyclic) bond motifs is 1. The summed E-state index contributed by atoms with van der Waals surface area (Å²) in [7, 11) is 1.33. The van der Waals surface area contributed by atoms with Crippen LogP contribution in [0.15, 0.2) is 11.6 Å². The Kier molecular flexibility index (Phi) is 4.94. The minimum atomic E-state index is -0.494. The fourth-order valence-corrected chi connectivity index (χ4v) is 3.32. The highest BCUT2D eigenvalue weighted by atomic mass is 16.6. The Labute approximate surface area is 118 Å². The van der Waals surface area contributed by atoms with Crippen LogP contribution in [0.1, 0.15) is 19.8 Å². The first-order valence-corrected chi connectivity index (χ1v) is 7.05. The van der Waals surface area contributed by atoms with Gasteiger partial charge in [-0.1, -0.05) is 18.6 Å². The van der Waals surface area contributed by atoms with Crippen LogP contribution in [0.3, 0.4) is 0 Å². The molecule has 0 aromatic heterocycles. The molecule has 1 fully saturated rings. The maximum absolute atomic E-state index is 11.1. The second kappa shape index (κ2) is 6.50. The summed E-state index contributed by atoms with van der Waals surface area (Å²) in [6.45, 7) is 2.49. The molecular formula is C15H22O5. The summed E-state index contributed by atoms with van der Waals surface area (Å²) in [5.41, 5.74) is 1.27. The summed E-state index contributed by atoms with van der Waals surface area (Å²) in [4.78, 5) is 22.0. The monoisotopic (exact) mass is 282 g/mol. The Bertz CT molecular complexity index is 403. The van der Waals surface area contributed by atoms with Gasteiger partial charge in [-0.05, 0) is 24.7 Å². The van der Waals surface area contributed by atoms with Gasteiger partial charge in [0.25, 0.3) is 0 Å². The average molecular weight is 282 g/mol. The van der Waals surface area contributed by atoms with Crippen LogP contribution in [-0.4, -0.2) is 43.8 Å². The zero-order valence-corrected chi connectivity index (χ0v) is 12.0. The zero-order valence-electron chi connectivity index (χ0n) is 12.0. The second-order valence-corrected chi connectivity index (χ2v) is 5.78. The van der Waals surface area contributed by atoms with Crippen molar-refractivity contribution in [2.45, 2.75) is 25.9 Å². The van der Waals surface area contributed by atoms with Crippen molar-refractivity contribution in [3.8, 4) is 0 Å². The number of hydrogen-bond donors (Lipinski definition) is 1. The number of aldehydes is 1. The van der Waals surface area contributed by atoms with Crippen molar-refractivity contribution >= 4 is 12.3 Å². The van der Waals surface area contributed by atoms with E-state index in [4.69, 9.17) is 4.74 Å². The van der Waals surface area contributed by atoms with Crippen LogP contribution in [0.5, 0.6) is 0 Å². The van der Waals surface area contributed by atoms with E-state index in [0.717, 1.165) is 12.7 Å². The molecule has 0 spiro atoms. The second-order valence-electron chi connectivity index (χ2n) is 5.78. The van der Waals surface area contributed by atoms with Crippen molar-refractivity contribution in [3.63, 3.8) is 0 Å². The van der Waals surface area contributed by atoms with E-state index in [1.165, 1.54) is 12.7 Å². The van der Waals surface area contributed by atoms with Gasteiger partial charge in [0.2, 0.25) is 0 Å². The minimum Gasteiger partial charge on any atom is -0.467 e. The largest absolute Gasteiger partial charge is 0.467 e. The van der Waals surface area contributed by atoms with E-state index in [9.17, 15) is 14.7 Å². The van der Waals surface area contributed by atoms with Crippen molar-refractivity contribution in [3.05, 3.63) is 11.6 Å². The van der Waals surface area contributed by atoms with E-state index >= 15 is 0 Å². The minimum absolute atomic E-state index is 0.0311. The lowest BCUT2D eigenvalue weighted by atomic mass is 9.89. The van der Waals surface area contributed by atoms with E-state index in [1.807, 2.05) is 0 Å². The van der Waals surface area contributed by atoms with Crippen LogP contribution < -0.4 is 0 Å². The third kappa shape index (κ3) is 3.10. The van der Waals surface area contributed by atoms with Crippen LogP contribution in [0.25, 0.3) is 0 Å². The van der Waals surface area contributed by atoms with Crippen LogP contribution in [0, 0.1) is 23.7 Å². The first-order chi connectivity index (χ1) is 9.56. The fraction of sp³-hybridized carbons (Fsp3) is 0.733. The Balaban J connectivity index is 1.84. The van der Waals surface area contributed by atoms with Gasteiger partial charge in [0.15, 0.2) is 0 Å². The van der Waals surface area contributed by atoms with Crippen molar-refractivity contribution in [1.29, 1.82) is 0 Å². The molecule has 0 heterocycles. The molecule has 1 N–H and O–H groups in total. The smallest absolute Gasteiger partial charge is 0.331 e. The van der Waals surface area contributed by atoms with Gasteiger partial charge in [-0.2, -0.15) is 0 Å².